The zero-order chi connectivity index (χ0) is 11.4. The standard InChI is InChI=1S/C10H20N4S/c1-5-8(3)7-14(6-2)9-11-12-10(15)13(9)4/h8H,5-7H2,1-4H3,(H,12,15). The summed E-state index contributed by atoms with van der Waals surface area (Å²) in [5, 5.41) is 7.06. The molecular weight excluding hydrogens is 208 g/mol. The number of anilines is 1. The predicted octanol–water partition coefficient (Wildman–Crippen LogP) is 2.35. The van der Waals surface area contributed by atoms with Gasteiger partial charge in [0.15, 0.2) is 4.77 Å². The number of hydrogen-bond donors (Lipinski definition) is 1. The van der Waals surface area contributed by atoms with Gasteiger partial charge in [-0.2, -0.15) is 0 Å². The van der Waals surface area contributed by atoms with Crippen LogP contribution in [0.3, 0.4) is 0 Å². The van der Waals surface area contributed by atoms with Crippen molar-refractivity contribution >= 4 is 18.2 Å². The fourth-order valence-electron chi connectivity index (χ4n) is 1.48. The lowest BCUT2D eigenvalue weighted by Crippen LogP contribution is -2.30. The summed E-state index contributed by atoms with van der Waals surface area (Å²) in [6.07, 6.45) is 1.19. The zero-order valence-corrected chi connectivity index (χ0v) is 10.8. The second-order valence-electron chi connectivity index (χ2n) is 3.94. The first kappa shape index (κ1) is 12.2. The highest BCUT2D eigenvalue weighted by Gasteiger charge is 2.13. The third kappa shape index (κ3) is 2.81. The number of H-pyrrole nitrogens is 1. The van der Waals surface area contributed by atoms with Crippen LogP contribution in [0.25, 0.3) is 0 Å². The molecule has 1 unspecified atom stereocenters. The SMILES string of the molecule is CCC(C)CN(CC)c1n[nH]c(=S)n1C. The molecule has 5 heteroatoms. The summed E-state index contributed by atoms with van der Waals surface area (Å²) in [7, 11) is 1.94. The van der Waals surface area contributed by atoms with E-state index in [1.165, 1.54) is 6.42 Å². The molecule has 1 N–H and O–H groups in total. The van der Waals surface area contributed by atoms with Gasteiger partial charge in [0.25, 0.3) is 0 Å². The van der Waals surface area contributed by atoms with E-state index in [9.17, 15) is 0 Å². The van der Waals surface area contributed by atoms with Crippen LogP contribution < -0.4 is 4.90 Å². The van der Waals surface area contributed by atoms with Gasteiger partial charge in [0.1, 0.15) is 0 Å². The van der Waals surface area contributed by atoms with Crippen molar-refractivity contribution in [3.05, 3.63) is 4.77 Å². The Bertz CT molecular complexity index is 355. The quantitative estimate of drug-likeness (QED) is 0.786. The topological polar surface area (TPSA) is 36.9 Å². The summed E-state index contributed by atoms with van der Waals surface area (Å²) in [6, 6.07) is 0. The molecule has 0 amide bonds. The number of nitrogens with one attached hydrogen (secondary N) is 1. The number of nitrogens with zero attached hydrogens (tertiary/aromatic N) is 3. The molecule has 0 spiro atoms. The van der Waals surface area contributed by atoms with Gasteiger partial charge in [-0.3, -0.25) is 4.57 Å². The highest BCUT2D eigenvalue weighted by molar-refractivity contribution is 7.71. The van der Waals surface area contributed by atoms with E-state index < -0.39 is 0 Å². The number of hydrogen-bond acceptors (Lipinski definition) is 3. The van der Waals surface area contributed by atoms with Gasteiger partial charge in [-0.1, -0.05) is 20.3 Å². The van der Waals surface area contributed by atoms with Gasteiger partial charge in [-0.15, -0.1) is 5.10 Å². The predicted molar refractivity (Wildman–Crippen MR) is 65.7 cm³/mol. The molecule has 0 aromatic carbocycles. The van der Waals surface area contributed by atoms with Gasteiger partial charge in [0, 0.05) is 20.1 Å². The Morgan fingerprint density at radius 2 is 2.20 bits per heavy atom. The fourth-order valence-corrected chi connectivity index (χ4v) is 1.61. The largest absolute Gasteiger partial charge is 0.341 e. The van der Waals surface area contributed by atoms with E-state index in [0.29, 0.717) is 10.7 Å². The number of aromatic amines is 1. The average Bonchev–Trinajstić information content (AvgIpc) is 2.56. The highest BCUT2D eigenvalue weighted by atomic mass is 32.1. The Hall–Kier alpha value is -0.840. The van der Waals surface area contributed by atoms with E-state index >= 15 is 0 Å². The molecule has 1 aromatic heterocycles. The molecule has 0 saturated carbocycles. The summed E-state index contributed by atoms with van der Waals surface area (Å²) in [5.41, 5.74) is 0. The van der Waals surface area contributed by atoms with Crippen molar-refractivity contribution in [3.63, 3.8) is 0 Å². The molecule has 0 fully saturated rings. The Kier molecular flexibility index (Phi) is 4.32. The first-order valence-corrected chi connectivity index (χ1v) is 5.87. The molecule has 0 aliphatic rings. The van der Waals surface area contributed by atoms with E-state index in [0.717, 1.165) is 19.0 Å². The second kappa shape index (κ2) is 5.30. The van der Waals surface area contributed by atoms with Crippen molar-refractivity contribution in [1.82, 2.24) is 14.8 Å². The summed E-state index contributed by atoms with van der Waals surface area (Å²) >= 11 is 5.10. The number of aromatic nitrogens is 3. The maximum atomic E-state index is 5.10. The number of rotatable bonds is 5. The van der Waals surface area contributed by atoms with Gasteiger partial charge in [-0.25, -0.2) is 5.10 Å². The summed E-state index contributed by atoms with van der Waals surface area (Å²) in [4.78, 5) is 2.25. The average molecular weight is 228 g/mol. The summed E-state index contributed by atoms with van der Waals surface area (Å²) in [5.74, 6) is 1.61. The lowest BCUT2D eigenvalue weighted by molar-refractivity contribution is 0.538. The maximum absolute atomic E-state index is 5.10. The van der Waals surface area contributed by atoms with Crippen molar-refractivity contribution in [1.29, 1.82) is 0 Å². The van der Waals surface area contributed by atoms with Crippen LogP contribution in [0.15, 0.2) is 0 Å². The van der Waals surface area contributed by atoms with Crippen LogP contribution in [0.2, 0.25) is 0 Å². The normalized spacial score (nSPS) is 12.8. The van der Waals surface area contributed by atoms with Crippen LogP contribution in [-0.2, 0) is 7.05 Å². The molecule has 4 nitrogen and oxygen atoms in total. The van der Waals surface area contributed by atoms with Crippen molar-refractivity contribution in [2.24, 2.45) is 13.0 Å². The van der Waals surface area contributed by atoms with Crippen molar-refractivity contribution < 1.29 is 0 Å². The lowest BCUT2D eigenvalue weighted by atomic mass is 10.1. The van der Waals surface area contributed by atoms with E-state index in [1.807, 2.05) is 11.6 Å². The van der Waals surface area contributed by atoms with E-state index in [2.05, 4.69) is 35.9 Å². The molecule has 86 valence electrons. The van der Waals surface area contributed by atoms with Crippen molar-refractivity contribution in [2.75, 3.05) is 18.0 Å². The maximum Gasteiger partial charge on any atom is 0.225 e. The van der Waals surface area contributed by atoms with Crippen molar-refractivity contribution in [2.45, 2.75) is 27.2 Å². The summed E-state index contributed by atoms with van der Waals surface area (Å²) in [6.45, 7) is 8.59. The van der Waals surface area contributed by atoms with E-state index in [1.54, 1.807) is 0 Å². The summed E-state index contributed by atoms with van der Waals surface area (Å²) < 4.78 is 2.59. The first-order valence-electron chi connectivity index (χ1n) is 5.46. The molecule has 0 aliphatic carbocycles. The van der Waals surface area contributed by atoms with E-state index in [-0.39, 0.29) is 0 Å². The Morgan fingerprint density at radius 1 is 1.53 bits per heavy atom. The minimum absolute atomic E-state index is 0.674. The monoisotopic (exact) mass is 228 g/mol. The minimum atomic E-state index is 0.674. The van der Waals surface area contributed by atoms with Gasteiger partial charge in [-0.05, 0) is 25.1 Å². The molecule has 0 radical (unpaired) electrons. The van der Waals surface area contributed by atoms with Gasteiger partial charge < -0.3 is 4.90 Å². The third-order valence-electron chi connectivity index (χ3n) is 2.75. The third-order valence-corrected chi connectivity index (χ3v) is 3.11. The molecule has 0 bridgehead atoms. The first-order chi connectivity index (χ1) is 7.10. The molecule has 1 atom stereocenters. The smallest absolute Gasteiger partial charge is 0.225 e. The second-order valence-corrected chi connectivity index (χ2v) is 4.33. The van der Waals surface area contributed by atoms with Crippen LogP contribution >= 0.6 is 12.2 Å². The van der Waals surface area contributed by atoms with Gasteiger partial charge >= 0.3 is 0 Å². The highest BCUT2D eigenvalue weighted by Crippen LogP contribution is 2.12. The lowest BCUT2D eigenvalue weighted by Gasteiger charge is -2.24. The van der Waals surface area contributed by atoms with Crippen LogP contribution in [0.5, 0.6) is 0 Å². The minimum Gasteiger partial charge on any atom is -0.341 e. The Balaban J connectivity index is 2.83. The Morgan fingerprint density at radius 3 is 2.60 bits per heavy atom. The molecule has 1 rings (SSSR count). The molecule has 1 heterocycles. The zero-order valence-electron chi connectivity index (χ0n) is 9.95. The molecule has 15 heavy (non-hydrogen) atoms. The molecular formula is C10H20N4S. The Labute approximate surface area is 96.3 Å². The van der Waals surface area contributed by atoms with Crippen LogP contribution in [0.1, 0.15) is 27.2 Å². The molecule has 0 saturated heterocycles. The van der Waals surface area contributed by atoms with Gasteiger partial charge in [0.05, 0.1) is 0 Å². The molecule has 0 aliphatic heterocycles. The van der Waals surface area contributed by atoms with Crippen LogP contribution in [0.4, 0.5) is 5.95 Å². The van der Waals surface area contributed by atoms with E-state index in [4.69, 9.17) is 12.2 Å². The van der Waals surface area contributed by atoms with Crippen molar-refractivity contribution in [3.8, 4) is 0 Å². The van der Waals surface area contributed by atoms with Crippen LogP contribution in [-0.4, -0.2) is 27.9 Å². The fraction of sp³-hybridized carbons (Fsp3) is 0.800. The van der Waals surface area contributed by atoms with Gasteiger partial charge in [0.2, 0.25) is 5.95 Å². The molecule has 1 aromatic rings. The van der Waals surface area contributed by atoms with Crippen LogP contribution in [0, 0.1) is 10.7 Å².